The summed E-state index contributed by atoms with van der Waals surface area (Å²) in [4.78, 5) is 0. The number of hydrogen-bond donors (Lipinski definition) is 3. The molecule has 0 aromatic carbocycles. The summed E-state index contributed by atoms with van der Waals surface area (Å²) < 4.78 is 28.5. The monoisotopic (exact) mass is 389 g/mol. The van der Waals surface area contributed by atoms with Gasteiger partial charge < -0.3 is 39.6 Å². The fraction of sp³-hybridized carbons (Fsp3) is 1.00. The van der Waals surface area contributed by atoms with Crippen molar-refractivity contribution in [2.45, 2.75) is 12.8 Å². The molecule has 0 saturated carbocycles. The fourth-order valence-electron chi connectivity index (χ4n) is 3.17. The number of hydrogen-bond acceptors (Lipinski definition) is 8. The Kier molecular flexibility index (Phi) is 13.3. The molecule has 0 aromatic heterocycles. The van der Waals surface area contributed by atoms with Gasteiger partial charge in [0, 0.05) is 18.5 Å². The predicted octanol–water partition coefficient (Wildman–Crippen LogP) is -0.368. The van der Waals surface area contributed by atoms with Crippen molar-refractivity contribution in [1.82, 2.24) is 16.0 Å². The summed E-state index contributed by atoms with van der Waals surface area (Å²) in [6, 6.07) is 0. The molecule has 2 heterocycles. The van der Waals surface area contributed by atoms with E-state index in [1.165, 1.54) is 0 Å². The molecule has 0 aliphatic carbocycles. The highest BCUT2D eigenvalue weighted by atomic mass is 16.6. The maximum absolute atomic E-state index is 5.98. The minimum absolute atomic E-state index is 0.0905. The number of ether oxygens (including phenoxy) is 5. The third-order valence-corrected chi connectivity index (χ3v) is 4.72. The van der Waals surface area contributed by atoms with Gasteiger partial charge in [0.2, 0.25) is 0 Å². The van der Waals surface area contributed by atoms with Crippen molar-refractivity contribution < 1.29 is 23.7 Å². The van der Waals surface area contributed by atoms with Crippen LogP contribution in [0.25, 0.3) is 0 Å². The summed E-state index contributed by atoms with van der Waals surface area (Å²) in [5.41, 5.74) is -0.0905. The number of nitrogens with one attached hydrogen (secondary N) is 3. The van der Waals surface area contributed by atoms with Crippen LogP contribution in [0.5, 0.6) is 0 Å². The van der Waals surface area contributed by atoms with Crippen LogP contribution in [0.1, 0.15) is 12.8 Å². The zero-order valence-corrected chi connectivity index (χ0v) is 16.8. The molecule has 2 rings (SSSR count). The molecule has 2 fully saturated rings. The van der Waals surface area contributed by atoms with Gasteiger partial charge in [0.05, 0.1) is 66.1 Å². The van der Waals surface area contributed by atoms with Gasteiger partial charge in [-0.2, -0.15) is 0 Å². The maximum Gasteiger partial charge on any atom is 0.0701 e. The van der Waals surface area contributed by atoms with Crippen molar-refractivity contribution in [3.05, 3.63) is 0 Å². The van der Waals surface area contributed by atoms with E-state index in [2.05, 4.69) is 16.0 Å². The molecule has 8 nitrogen and oxygen atoms in total. The van der Waals surface area contributed by atoms with Crippen molar-refractivity contribution in [1.29, 1.82) is 0 Å². The molecule has 2 aliphatic rings. The van der Waals surface area contributed by atoms with E-state index in [0.29, 0.717) is 66.1 Å². The van der Waals surface area contributed by atoms with Crippen LogP contribution in [-0.2, 0) is 23.7 Å². The summed E-state index contributed by atoms with van der Waals surface area (Å²) in [5.74, 6) is 0. The lowest BCUT2D eigenvalue weighted by molar-refractivity contribution is -0.0595. The summed E-state index contributed by atoms with van der Waals surface area (Å²) in [5, 5.41) is 10.7. The lowest BCUT2D eigenvalue weighted by atomic mass is 9.89. The Morgan fingerprint density at radius 3 is 1.26 bits per heavy atom. The summed E-state index contributed by atoms with van der Waals surface area (Å²) >= 11 is 0. The molecule has 1 spiro atoms. The van der Waals surface area contributed by atoms with E-state index in [1.54, 1.807) is 0 Å². The molecule has 0 radical (unpaired) electrons. The first-order valence-corrected chi connectivity index (χ1v) is 10.4. The lowest BCUT2D eigenvalue weighted by Crippen LogP contribution is -2.50. The van der Waals surface area contributed by atoms with Crippen molar-refractivity contribution in [3.63, 3.8) is 0 Å². The maximum atomic E-state index is 5.98. The van der Waals surface area contributed by atoms with Gasteiger partial charge in [-0.15, -0.1) is 0 Å². The van der Waals surface area contributed by atoms with Crippen LogP contribution in [0.15, 0.2) is 0 Å². The minimum atomic E-state index is -0.0905. The van der Waals surface area contributed by atoms with Crippen LogP contribution >= 0.6 is 0 Å². The first-order chi connectivity index (χ1) is 13.4. The average molecular weight is 390 g/mol. The van der Waals surface area contributed by atoms with E-state index in [1.807, 2.05) is 0 Å². The second-order valence-electron chi connectivity index (χ2n) is 7.25. The molecule has 0 unspecified atom stereocenters. The summed E-state index contributed by atoms with van der Waals surface area (Å²) in [6.07, 6.45) is 2.27. The van der Waals surface area contributed by atoms with Crippen LogP contribution in [0.3, 0.4) is 0 Å². The largest absolute Gasteiger partial charge is 0.378 e. The Morgan fingerprint density at radius 1 is 0.444 bits per heavy atom. The topological polar surface area (TPSA) is 82.2 Å². The molecule has 160 valence electrons. The first kappa shape index (κ1) is 23.0. The van der Waals surface area contributed by atoms with E-state index in [0.717, 1.165) is 52.1 Å². The highest BCUT2D eigenvalue weighted by molar-refractivity contribution is 4.85. The molecule has 8 heteroatoms. The molecule has 0 amide bonds. The Hall–Kier alpha value is -0.320. The summed E-state index contributed by atoms with van der Waals surface area (Å²) in [6.45, 7) is 11.9. The van der Waals surface area contributed by atoms with Gasteiger partial charge >= 0.3 is 0 Å². The third kappa shape index (κ3) is 11.3. The zero-order chi connectivity index (χ0) is 18.9. The van der Waals surface area contributed by atoms with Gasteiger partial charge in [-0.1, -0.05) is 0 Å². The highest BCUT2D eigenvalue weighted by Gasteiger charge is 2.31. The Balaban J connectivity index is 1.87. The van der Waals surface area contributed by atoms with Crippen molar-refractivity contribution in [3.8, 4) is 0 Å². The molecule has 2 saturated heterocycles. The second-order valence-corrected chi connectivity index (χ2v) is 7.25. The SMILES string of the molecule is C1CNCCCNCC2(CNC1)COCCOCCOCCOCCOC2. The van der Waals surface area contributed by atoms with Crippen LogP contribution < -0.4 is 16.0 Å². The van der Waals surface area contributed by atoms with Crippen LogP contribution in [0.2, 0.25) is 0 Å². The first-order valence-electron chi connectivity index (χ1n) is 10.4. The van der Waals surface area contributed by atoms with Gasteiger partial charge in [0.15, 0.2) is 0 Å². The van der Waals surface area contributed by atoms with E-state index >= 15 is 0 Å². The molecule has 0 aromatic rings. The molecular formula is C19H39N3O5. The Morgan fingerprint density at radius 2 is 0.815 bits per heavy atom. The molecule has 27 heavy (non-hydrogen) atoms. The smallest absolute Gasteiger partial charge is 0.0701 e. The highest BCUT2D eigenvalue weighted by Crippen LogP contribution is 2.17. The quantitative estimate of drug-likeness (QED) is 0.518. The van der Waals surface area contributed by atoms with Gasteiger partial charge in [-0.05, 0) is 39.0 Å². The van der Waals surface area contributed by atoms with Gasteiger partial charge in [0.25, 0.3) is 0 Å². The lowest BCUT2D eigenvalue weighted by Gasteiger charge is -2.34. The van der Waals surface area contributed by atoms with Crippen molar-refractivity contribution in [2.75, 3.05) is 105 Å². The second kappa shape index (κ2) is 15.6. The average Bonchev–Trinajstić information content (AvgIpc) is 2.66. The van der Waals surface area contributed by atoms with E-state index < -0.39 is 0 Å². The summed E-state index contributed by atoms with van der Waals surface area (Å²) in [7, 11) is 0. The normalized spacial score (nSPS) is 26.7. The van der Waals surface area contributed by atoms with E-state index in [4.69, 9.17) is 23.7 Å². The zero-order valence-electron chi connectivity index (χ0n) is 16.8. The fourth-order valence-corrected chi connectivity index (χ4v) is 3.17. The van der Waals surface area contributed by atoms with Crippen molar-refractivity contribution >= 4 is 0 Å². The van der Waals surface area contributed by atoms with E-state index in [-0.39, 0.29) is 5.41 Å². The van der Waals surface area contributed by atoms with Gasteiger partial charge in [-0.25, -0.2) is 0 Å². The molecular weight excluding hydrogens is 350 g/mol. The molecule has 0 bridgehead atoms. The van der Waals surface area contributed by atoms with E-state index in [9.17, 15) is 0 Å². The minimum Gasteiger partial charge on any atom is -0.378 e. The molecule has 2 aliphatic heterocycles. The van der Waals surface area contributed by atoms with Gasteiger partial charge in [-0.3, -0.25) is 0 Å². The van der Waals surface area contributed by atoms with Crippen molar-refractivity contribution in [2.24, 2.45) is 5.41 Å². The Bertz CT molecular complexity index is 319. The Labute approximate surface area is 164 Å². The number of rotatable bonds is 0. The van der Waals surface area contributed by atoms with Crippen LogP contribution in [-0.4, -0.2) is 105 Å². The molecule has 0 atom stereocenters. The standard InChI is InChI=1S/C19H39N3O5/c1-3-20-4-2-6-22-16-19(15-21-5-1)17-26-13-11-24-9-7-23-8-10-25-12-14-27-18-19/h20-22H,1-18H2. The molecule has 3 N–H and O–H groups in total. The predicted molar refractivity (Wildman–Crippen MR) is 104 cm³/mol. The third-order valence-electron chi connectivity index (χ3n) is 4.72. The van der Waals surface area contributed by atoms with Gasteiger partial charge in [0.1, 0.15) is 0 Å². The van der Waals surface area contributed by atoms with Crippen LogP contribution in [0.4, 0.5) is 0 Å². The van der Waals surface area contributed by atoms with Crippen LogP contribution in [0, 0.1) is 5.41 Å².